The van der Waals surface area contributed by atoms with Gasteiger partial charge in [-0.1, -0.05) is 40.5 Å². The van der Waals surface area contributed by atoms with Crippen molar-refractivity contribution in [2.24, 2.45) is 5.92 Å². The van der Waals surface area contributed by atoms with Crippen LogP contribution in [0.25, 0.3) is 0 Å². The molecule has 2 heteroatoms. The van der Waals surface area contributed by atoms with Crippen LogP contribution in [0.1, 0.15) is 53.4 Å². The average molecular weight is 224 g/mol. The fourth-order valence-electron chi connectivity index (χ4n) is 2.40. The largest absolute Gasteiger partial charge is 0.356 e. The Bertz CT molecular complexity index is 193. The molecule has 0 aliphatic carbocycles. The average Bonchev–Trinajstić information content (AvgIpc) is 2.66. The second kappa shape index (κ2) is 6.82. The maximum atomic E-state index is 2.52. The summed E-state index contributed by atoms with van der Waals surface area (Å²) in [4.78, 5) is 5.04. The van der Waals surface area contributed by atoms with E-state index in [0.29, 0.717) is 12.1 Å². The first-order valence-corrected chi connectivity index (χ1v) is 6.90. The minimum Gasteiger partial charge on any atom is -0.356 e. The highest BCUT2D eigenvalue weighted by Crippen LogP contribution is 2.23. The van der Waals surface area contributed by atoms with Crippen molar-refractivity contribution in [3.8, 4) is 0 Å². The van der Waals surface area contributed by atoms with Gasteiger partial charge < -0.3 is 9.80 Å². The standard InChI is InChI=1S/C14H28N2/c1-5-7-9-15-11-12-16(10-8-6-2)14(15)13(3)4/h11-14H,5-10H2,1-4H3. The molecule has 0 spiro atoms. The molecule has 16 heavy (non-hydrogen) atoms. The van der Waals surface area contributed by atoms with Crippen molar-refractivity contribution in [1.82, 2.24) is 9.80 Å². The van der Waals surface area contributed by atoms with Crippen LogP contribution in [0.3, 0.4) is 0 Å². The van der Waals surface area contributed by atoms with E-state index in [2.05, 4.69) is 49.9 Å². The molecule has 0 radical (unpaired) electrons. The summed E-state index contributed by atoms with van der Waals surface area (Å²) in [5.74, 6) is 0.698. The van der Waals surface area contributed by atoms with Crippen LogP contribution < -0.4 is 0 Å². The van der Waals surface area contributed by atoms with E-state index in [-0.39, 0.29) is 0 Å². The number of hydrogen-bond donors (Lipinski definition) is 0. The van der Waals surface area contributed by atoms with Gasteiger partial charge >= 0.3 is 0 Å². The molecule has 0 aromatic carbocycles. The minimum absolute atomic E-state index is 0.595. The van der Waals surface area contributed by atoms with Crippen LogP contribution in [0, 0.1) is 5.92 Å². The summed E-state index contributed by atoms with van der Waals surface area (Å²) >= 11 is 0. The third-order valence-corrected chi connectivity index (χ3v) is 3.27. The Kier molecular flexibility index (Phi) is 5.72. The van der Waals surface area contributed by atoms with Crippen molar-refractivity contribution in [3.05, 3.63) is 12.4 Å². The molecule has 0 aromatic rings. The van der Waals surface area contributed by atoms with Crippen LogP contribution in [0.15, 0.2) is 12.4 Å². The zero-order valence-corrected chi connectivity index (χ0v) is 11.4. The summed E-state index contributed by atoms with van der Waals surface area (Å²) in [5, 5.41) is 0. The highest BCUT2D eigenvalue weighted by atomic mass is 15.4. The lowest BCUT2D eigenvalue weighted by Crippen LogP contribution is -2.43. The minimum atomic E-state index is 0.595. The van der Waals surface area contributed by atoms with Gasteiger partial charge in [0.05, 0.1) is 0 Å². The molecule has 0 N–H and O–H groups in total. The van der Waals surface area contributed by atoms with E-state index in [1.165, 1.54) is 38.8 Å². The molecule has 1 heterocycles. The SMILES string of the molecule is CCCCN1C=CN(CCCC)C1C(C)C. The molecular formula is C14H28N2. The first-order chi connectivity index (χ1) is 7.70. The van der Waals surface area contributed by atoms with Crippen LogP contribution in [0.5, 0.6) is 0 Å². The molecule has 0 aromatic heterocycles. The highest BCUT2D eigenvalue weighted by Gasteiger charge is 2.27. The second-order valence-electron chi connectivity index (χ2n) is 5.14. The molecule has 0 amide bonds. The van der Waals surface area contributed by atoms with Crippen molar-refractivity contribution in [3.63, 3.8) is 0 Å². The molecule has 0 atom stereocenters. The summed E-state index contributed by atoms with van der Waals surface area (Å²) in [6, 6.07) is 0. The van der Waals surface area contributed by atoms with Crippen LogP contribution in [0.2, 0.25) is 0 Å². The third kappa shape index (κ3) is 3.43. The van der Waals surface area contributed by atoms with Crippen molar-refractivity contribution in [1.29, 1.82) is 0 Å². The predicted octanol–water partition coefficient (Wildman–Crippen LogP) is 3.66. The summed E-state index contributed by atoms with van der Waals surface area (Å²) in [6.07, 6.45) is 10.3. The van der Waals surface area contributed by atoms with E-state index in [4.69, 9.17) is 0 Å². The van der Waals surface area contributed by atoms with Gasteiger partial charge in [0.15, 0.2) is 0 Å². The molecule has 1 rings (SSSR count). The molecular weight excluding hydrogens is 196 g/mol. The fraction of sp³-hybridized carbons (Fsp3) is 0.857. The van der Waals surface area contributed by atoms with Gasteiger partial charge in [0.1, 0.15) is 6.17 Å². The van der Waals surface area contributed by atoms with Crippen molar-refractivity contribution in [2.45, 2.75) is 59.5 Å². The van der Waals surface area contributed by atoms with Gasteiger partial charge in [0.2, 0.25) is 0 Å². The smallest absolute Gasteiger partial charge is 0.103 e. The third-order valence-electron chi connectivity index (χ3n) is 3.27. The Morgan fingerprint density at radius 2 is 1.38 bits per heavy atom. The molecule has 1 aliphatic heterocycles. The summed E-state index contributed by atoms with van der Waals surface area (Å²) in [7, 11) is 0. The topological polar surface area (TPSA) is 6.48 Å². The van der Waals surface area contributed by atoms with Gasteiger partial charge in [-0.25, -0.2) is 0 Å². The Hall–Kier alpha value is -0.660. The molecule has 0 fully saturated rings. The van der Waals surface area contributed by atoms with Gasteiger partial charge in [-0.05, 0) is 18.8 Å². The Labute approximate surface area is 101 Å². The van der Waals surface area contributed by atoms with E-state index in [0.717, 1.165) is 0 Å². The zero-order valence-electron chi connectivity index (χ0n) is 11.4. The number of hydrogen-bond acceptors (Lipinski definition) is 2. The van der Waals surface area contributed by atoms with Crippen LogP contribution in [-0.4, -0.2) is 29.1 Å². The molecule has 0 saturated carbocycles. The van der Waals surface area contributed by atoms with Crippen molar-refractivity contribution in [2.75, 3.05) is 13.1 Å². The Morgan fingerprint density at radius 3 is 1.69 bits per heavy atom. The van der Waals surface area contributed by atoms with Gasteiger partial charge in [0.25, 0.3) is 0 Å². The summed E-state index contributed by atoms with van der Waals surface area (Å²) in [6.45, 7) is 11.6. The Balaban J connectivity index is 2.51. The zero-order chi connectivity index (χ0) is 12.0. The summed E-state index contributed by atoms with van der Waals surface area (Å²) in [5.41, 5.74) is 0. The quantitative estimate of drug-likeness (QED) is 0.651. The van der Waals surface area contributed by atoms with Gasteiger partial charge in [0, 0.05) is 25.5 Å². The molecule has 2 nitrogen and oxygen atoms in total. The monoisotopic (exact) mass is 224 g/mol. The van der Waals surface area contributed by atoms with E-state index in [1.54, 1.807) is 0 Å². The fourth-order valence-corrected chi connectivity index (χ4v) is 2.40. The molecule has 0 saturated heterocycles. The van der Waals surface area contributed by atoms with E-state index < -0.39 is 0 Å². The normalized spacial score (nSPS) is 16.8. The van der Waals surface area contributed by atoms with Crippen LogP contribution >= 0.6 is 0 Å². The molecule has 94 valence electrons. The van der Waals surface area contributed by atoms with Crippen LogP contribution in [0.4, 0.5) is 0 Å². The highest BCUT2D eigenvalue weighted by molar-refractivity contribution is 4.97. The maximum absolute atomic E-state index is 2.52. The Morgan fingerprint density at radius 1 is 0.938 bits per heavy atom. The molecule has 1 aliphatic rings. The van der Waals surface area contributed by atoms with Gasteiger partial charge in [-0.3, -0.25) is 0 Å². The van der Waals surface area contributed by atoms with E-state index in [9.17, 15) is 0 Å². The number of unbranched alkanes of at least 4 members (excludes halogenated alkanes) is 2. The summed E-state index contributed by atoms with van der Waals surface area (Å²) < 4.78 is 0. The van der Waals surface area contributed by atoms with Crippen molar-refractivity contribution < 1.29 is 0 Å². The van der Waals surface area contributed by atoms with Gasteiger partial charge in [-0.2, -0.15) is 0 Å². The first-order valence-electron chi connectivity index (χ1n) is 6.90. The van der Waals surface area contributed by atoms with Crippen LogP contribution in [-0.2, 0) is 0 Å². The molecule has 0 bridgehead atoms. The predicted molar refractivity (Wildman–Crippen MR) is 71.0 cm³/mol. The number of rotatable bonds is 7. The number of nitrogens with zero attached hydrogens (tertiary/aromatic N) is 2. The lowest BCUT2D eigenvalue weighted by molar-refractivity contribution is 0.105. The lowest BCUT2D eigenvalue weighted by atomic mass is 10.1. The van der Waals surface area contributed by atoms with Crippen molar-refractivity contribution >= 4 is 0 Å². The second-order valence-corrected chi connectivity index (χ2v) is 5.14. The van der Waals surface area contributed by atoms with Gasteiger partial charge in [-0.15, -0.1) is 0 Å². The van der Waals surface area contributed by atoms with E-state index in [1.807, 2.05) is 0 Å². The first kappa shape index (κ1) is 13.4. The lowest BCUT2D eigenvalue weighted by Gasteiger charge is -2.35. The maximum Gasteiger partial charge on any atom is 0.103 e. The van der Waals surface area contributed by atoms with E-state index >= 15 is 0 Å². The molecule has 0 unspecified atom stereocenters.